The van der Waals surface area contributed by atoms with Crippen molar-refractivity contribution >= 4 is 12.6 Å². The van der Waals surface area contributed by atoms with Gasteiger partial charge in [-0.05, 0) is 29.7 Å². The average molecular weight is 193 g/mol. The van der Waals surface area contributed by atoms with E-state index in [2.05, 4.69) is 18.7 Å². The monoisotopic (exact) mass is 193 g/mol. The Kier molecular flexibility index (Phi) is 3.81. The van der Waals surface area contributed by atoms with Crippen molar-refractivity contribution in [3.8, 4) is 6.07 Å². The topological polar surface area (TPSA) is 44.0 Å². The summed E-state index contributed by atoms with van der Waals surface area (Å²) in [5.74, 6) is 0. The second-order valence-electron chi connectivity index (χ2n) is 2.77. The first kappa shape index (κ1) is 10.1. The standard InChI is InChI=1S/C10H11NOS/c11-5-1-2-8-3-4-10(13)6-9(8)7-12/h3-4,6,12-13H,1-2,7H2. The Morgan fingerprint density at radius 2 is 2.15 bits per heavy atom. The molecule has 1 aromatic rings. The zero-order chi connectivity index (χ0) is 9.68. The first-order valence-corrected chi connectivity index (χ1v) is 4.51. The van der Waals surface area contributed by atoms with Crippen LogP contribution in [0.4, 0.5) is 0 Å². The van der Waals surface area contributed by atoms with Crippen LogP contribution in [0.15, 0.2) is 23.1 Å². The van der Waals surface area contributed by atoms with Gasteiger partial charge in [0.05, 0.1) is 12.7 Å². The number of thiol groups is 1. The Morgan fingerprint density at radius 3 is 2.77 bits per heavy atom. The van der Waals surface area contributed by atoms with E-state index >= 15 is 0 Å². The molecule has 0 saturated heterocycles. The van der Waals surface area contributed by atoms with Crippen molar-refractivity contribution in [3.63, 3.8) is 0 Å². The van der Waals surface area contributed by atoms with Crippen LogP contribution in [0.1, 0.15) is 17.5 Å². The molecule has 1 N–H and O–H groups in total. The second kappa shape index (κ2) is 4.90. The van der Waals surface area contributed by atoms with Gasteiger partial charge in [-0.3, -0.25) is 0 Å². The van der Waals surface area contributed by atoms with Crippen LogP contribution in [0.25, 0.3) is 0 Å². The molecule has 1 rings (SSSR count). The smallest absolute Gasteiger partial charge is 0.0684 e. The molecule has 0 saturated carbocycles. The van der Waals surface area contributed by atoms with Gasteiger partial charge < -0.3 is 5.11 Å². The van der Waals surface area contributed by atoms with E-state index in [0.29, 0.717) is 12.8 Å². The van der Waals surface area contributed by atoms with Crippen LogP contribution in [0.3, 0.4) is 0 Å². The molecule has 68 valence electrons. The molecule has 2 nitrogen and oxygen atoms in total. The van der Waals surface area contributed by atoms with Gasteiger partial charge in [-0.25, -0.2) is 0 Å². The van der Waals surface area contributed by atoms with Crippen LogP contribution in [-0.4, -0.2) is 5.11 Å². The number of hydrogen-bond donors (Lipinski definition) is 2. The fourth-order valence-electron chi connectivity index (χ4n) is 1.19. The van der Waals surface area contributed by atoms with E-state index in [1.807, 2.05) is 18.2 Å². The quantitative estimate of drug-likeness (QED) is 0.720. The van der Waals surface area contributed by atoms with Gasteiger partial charge in [0, 0.05) is 11.3 Å². The third-order valence-electron chi connectivity index (χ3n) is 1.87. The maximum atomic E-state index is 9.03. The Hall–Kier alpha value is -0.980. The molecular formula is C10H11NOS. The lowest BCUT2D eigenvalue weighted by molar-refractivity contribution is 0.280. The zero-order valence-corrected chi connectivity index (χ0v) is 8.09. The van der Waals surface area contributed by atoms with Crippen LogP contribution < -0.4 is 0 Å². The lowest BCUT2D eigenvalue weighted by Crippen LogP contribution is -1.93. The molecule has 0 heterocycles. The van der Waals surface area contributed by atoms with E-state index in [-0.39, 0.29) is 6.61 Å². The molecule has 0 aliphatic carbocycles. The van der Waals surface area contributed by atoms with Crippen LogP contribution in [0.5, 0.6) is 0 Å². The van der Waals surface area contributed by atoms with Crippen LogP contribution in [0, 0.1) is 11.3 Å². The Labute approximate surface area is 83.2 Å². The number of aliphatic hydroxyl groups excluding tert-OH is 1. The summed E-state index contributed by atoms with van der Waals surface area (Å²) in [6.07, 6.45) is 1.18. The summed E-state index contributed by atoms with van der Waals surface area (Å²) in [7, 11) is 0. The molecule has 0 bridgehead atoms. The highest BCUT2D eigenvalue weighted by Gasteiger charge is 2.01. The summed E-state index contributed by atoms with van der Waals surface area (Å²) in [6.45, 7) is 0.00909. The molecule has 0 atom stereocenters. The van der Waals surface area contributed by atoms with Gasteiger partial charge in [0.15, 0.2) is 0 Å². The highest BCUT2D eigenvalue weighted by atomic mass is 32.1. The van der Waals surface area contributed by atoms with E-state index < -0.39 is 0 Å². The molecule has 0 spiro atoms. The van der Waals surface area contributed by atoms with E-state index in [9.17, 15) is 0 Å². The summed E-state index contributed by atoms with van der Waals surface area (Å²) in [5, 5.41) is 17.4. The predicted molar refractivity (Wildman–Crippen MR) is 53.6 cm³/mol. The summed E-state index contributed by atoms with van der Waals surface area (Å²) < 4.78 is 0. The zero-order valence-electron chi connectivity index (χ0n) is 7.20. The molecule has 1 aromatic carbocycles. The van der Waals surface area contributed by atoms with Crippen molar-refractivity contribution < 1.29 is 5.11 Å². The summed E-state index contributed by atoms with van der Waals surface area (Å²) >= 11 is 4.17. The molecule has 0 aliphatic rings. The van der Waals surface area contributed by atoms with Crippen molar-refractivity contribution in [2.24, 2.45) is 0 Å². The molecule has 0 aromatic heterocycles. The maximum Gasteiger partial charge on any atom is 0.0684 e. The Bertz CT molecular complexity index is 330. The van der Waals surface area contributed by atoms with Gasteiger partial charge in [0.2, 0.25) is 0 Å². The normalized spacial score (nSPS) is 9.62. The molecule has 0 fully saturated rings. The van der Waals surface area contributed by atoms with E-state index in [4.69, 9.17) is 10.4 Å². The fourth-order valence-corrected chi connectivity index (χ4v) is 1.42. The van der Waals surface area contributed by atoms with Crippen LogP contribution in [0.2, 0.25) is 0 Å². The van der Waals surface area contributed by atoms with E-state index in [0.717, 1.165) is 16.0 Å². The predicted octanol–water partition coefficient (Wildman–Crippen LogP) is 1.92. The number of rotatable bonds is 3. The first-order chi connectivity index (χ1) is 6.27. The number of aryl methyl sites for hydroxylation is 1. The molecular weight excluding hydrogens is 182 g/mol. The van der Waals surface area contributed by atoms with Gasteiger partial charge in [-0.15, -0.1) is 12.6 Å². The van der Waals surface area contributed by atoms with E-state index in [1.54, 1.807) is 0 Å². The Morgan fingerprint density at radius 1 is 1.38 bits per heavy atom. The number of aliphatic hydroxyl groups is 1. The van der Waals surface area contributed by atoms with Gasteiger partial charge in [-0.2, -0.15) is 5.26 Å². The highest BCUT2D eigenvalue weighted by molar-refractivity contribution is 7.80. The van der Waals surface area contributed by atoms with Crippen molar-refractivity contribution in [2.75, 3.05) is 0 Å². The third kappa shape index (κ3) is 2.76. The first-order valence-electron chi connectivity index (χ1n) is 4.06. The maximum absolute atomic E-state index is 9.03. The lowest BCUT2D eigenvalue weighted by atomic mass is 10.0. The summed E-state index contributed by atoms with van der Waals surface area (Å²) in [5.41, 5.74) is 1.89. The summed E-state index contributed by atoms with van der Waals surface area (Å²) in [4.78, 5) is 0.838. The number of benzene rings is 1. The van der Waals surface area contributed by atoms with Crippen LogP contribution in [-0.2, 0) is 13.0 Å². The minimum atomic E-state index is 0.00909. The molecule has 0 radical (unpaired) electrons. The fraction of sp³-hybridized carbons (Fsp3) is 0.300. The largest absolute Gasteiger partial charge is 0.392 e. The Balaban J connectivity index is 2.87. The molecule has 13 heavy (non-hydrogen) atoms. The minimum absolute atomic E-state index is 0.00909. The second-order valence-corrected chi connectivity index (χ2v) is 3.29. The van der Waals surface area contributed by atoms with Crippen molar-refractivity contribution in [1.29, 1.82) is 5.26 Å². The lowest BCUT2D eigenvalue weighted by Gasteiger charge is -2.05. The molecule has 0 aliphatic heterocycles. The number of nitriles is 1. The number of hydrogen-bond acceptors (Lipinski definition) is 3. The summed E-state index contributed by atoms with van der Waals surface area (Å²) in [6, 6.07) is 7.69. The molecule has 0 unspecified atom stereocenters. The highest BCUT2D eigenvalue weighted by Crippen LogP contribution is 2.16. The van der Waals surface area contributed by atoms with Crippen molar-refractivity contribution in [1.82, 2.24) is 0 Å². The van der Waals surface area contributed by atoms with Crippen molar-refractivity contribution in [2.45, 2.75) is 24.3 Å². The van der Waals surface area contributed by atoms with Crippen LogP contribution >= 0.6 is 12.6 Å². The van der Waals surface area contributed by atoms with Crippen molar-refractivity contribution in [3.05, 3.63) is 29.3 Å². The van der Waals surface area contributed by atoms with Gasteiger partial charge in [0.1, 0.15) is 0 Å². The third-order valence-corrected chi connectivity index (χ3v) is 2.14. The van der Waals surface area contributed by atoms with Gasteiger partial charge in [0.25, 0.3) is 0 Å². The van der Waals surface area contributed by atoms with E-state index in [1.165, 1.54) is 0 Å². The average Bonchev–Trinajstić information content (AvgIpc) is 2.16. The number of nitrogens with zero attached hydrogens (tertiary/aromatic N) is 1. The minimum Gasteiger partial charge on any atom is -0.392 e. The van der Waals surface area contributed by atoms with Gasteiger partial charge in [-0.1, -0.05) is 6.07 Å². The molecule has 0 amide bonds. The SMILES string of the molecule is N#CCCc1ccc(S)cc1CO. The molecule has 3 heteroatoms. The van der Waals surface area contributed by atoms with Gasteiger partial charge >= 0.3 is 0 Å².